The predicted octanol–water partition coefficient (Wildman–Crippen LogP) is 5.96. The number of nitriles is 1. The maximum Gasteiger partial charge on any atom is 0.207 e. The number of nitrogens with zero attached hydrogens (tertiary/aromatic N) is 1. The molecule has 0 radical (unpaired) electrons. The molecule has 1 aliphatic rings. The monoisotopic (exact) mass is 523 g/mol. The molecule has 5 nitrogen and oxygen atoms in total. The molecule has 192 valence electrons. The Morgan fingerprint density at radius 3 is 2.37 bits per heavy atom. The van der Waals surface area contributed by atoms with E-state index >= 15 is 0 Å². The SMILES string of the molecule is CC(C)(C)CC1NCC(c2cccc(Cl)c2F)C1C#N.Clc1ccccc1.O=CNCCCCO. The molecule has 1 fully saturated rings. The highest BCUT2D eigenvalue weighted by molar-refractivity contribution is 6.31. The molecule has 1 amide bonds. The van der Waals surface area contributed by atoms with Gasteiger partial charge in [0.1, 0.15) is 5.82 Å². The number of unbranched alkanes of at least 4 members (excludes halogenated alkanes) is 1. The summed E-state index contributed by atoms with van der Waals surface area (Å²) in [5.41, 5.74) is 0.683. The topological polar surface area (TPSA) is 85.2 Å². The second-order valence-electron chi connectivity index (χ2n) is 9.48. The third-order valence-electron chi connectivity index (χ3n) is 5.37. The van der Waals surface area contributed by atoms with Crippen LogP contribution >= 0.6 is 23.2 Å². The fourth-order valence-corrected chi connectivity index (χ4v) is 4.10. The lowest BCUT2D eigenvalue weighted by Gasteiger charge is -2.26. The Kier molecular flexibility index (Phi) is 14.5. The fraction of sp³-hybridized carbons (Fsp3) is 0.481. The largest absolute Gasteiger partial charge is 0.396 e. The van der Waals surface area contributed by atoms with Crippen LogP contribution in [-0.4, -0.2) is 37.3 Å². The number of aliphatic hydroxyl groups excluding tert-OH is 1. The van der Waals surface area contributed by atoms with E-state index in [0.717, 1.165) is 24.3 Å². The quantitative estimate of drug-likeness (QED) is 0.309. The summed E-state index contributed by atoms with van der Waals surface area (Å²) in [6.45, 7) is 7.95. The van der Waals surface area contributed by atoms with Gasteiger partial charge in [0.05, 0.1) is 17.0 Å². The Labute approximate surface area is 218 Å². The summed E-state index contributed by atoms with van der Waals surface area (Å²) in [7, 11) is 0. The lowest BCUT2D eigenvalue weighted by molar-refractivity contribution is -0.109. The number of benzene rings is 2. The van der Waals surface area contributed by atoms with Crippen molar-refractivity contribution in [1.29, 1.82) is 5.26 Å². The van der Waals surface area contributed by atoms with E-state index in [1.165, 1.54) is 6.07 Å². The van der Waals surface area contributed by atoms with Crippen LogP contribution in [0.3, 0.4) is 0 Å². The molecule has 8 heteroatoms. The Morgan fingerprint density at radius 2 is 1.86 bits per heavy atom. The van der Waals surface area contributed by atoms with Crippen LogP contribution in [0.1, 0.15) is 51.5 Å². The summed E-state index contributed by atoms with van der Waals surface area (Å²) in [4.78, 5) is 9.59. The Bertz CT molecular complexity index is 917. The number of halogens is 3. The zero-order chi connectivity index (χ0) is 26.3. The summed E-state index contributed by atoms with van der Waals surface area (Å²) >= 11 is 11.4. The summed E-state index contributed by atoms with van der Waals surface area (Å²) in [6.07, 6.45) is 3.18. The van der Waals surface area contributed by atoms with Gasteiger partial charge in [0.15, 0.2) is 0 Å². The van der Waals surface area contributed by atoms with Crippen LogP contribution in [0, 0.1) is 28.5 Å². The first kappa shape index (κ1) is 30.9. The van der Waals surface area contributed by atoms with Crippen LogP contribution in [0.4, 0.5) is 4.39 Å². The molecule has 35 heavy (non-hydrogen) atoms. The van der Waals surface area contributed by atoms with E-state index in [4.69, 9.17) is 28.3 Å². The van der Waals surface area contributed by atoms with Gasteiger partial charge in [0.2, 0.25) is 6.41 Å². The van der Waals surface area contributed by atoms with Gasteiger partial charge in [-0.1, -0.05) is 74.3 Å². The van der Waals surface area contributed by atoms with Crippen LogP contribution in [0.25, 0.3) is 0 Å². The van der Waals surface area contributed by atoms with Gasteiger partial charge in [0, 0.05) is 36.7 Å². The van der Waals surface area contributed by atoms with Crippen molar-refractivity contribution in [2.45, 2.75) is 52.0 Å². The molecule has 1 saturated heterocycles. The highest BCUT2D eigenvalue weighted by Crippen LogP contribution is 2.38. The summed E-state index contributed by atoms with van der Waals surface area (Å²) < 4.78 is 14.2. The molecule has 3 unspecified atom stereocenters. The Balaban J connectivity index is 0.000000334. The van der Waals surface area contributed by atoms with Gasteiger partial charge in [-0.05, 0) is 48.4 Å². The highest BCUT2D eigenvalue weighted by atomic mass is 35.5. The first-order valence-corrected chi connectivity index (χ1v) is 12.5. The van der Waals surface area contributed by atoms with Gasteiger partial charge < -0.3 is 15.7 Å². The third-order valence-corrected chi connectivity index (χ3v) is 5.92. The van der Waals surface area contributed by atoms with Crippen molar-refractivity contribution in [3.63, 3.8) is 0 Å². The number of aliphatic hydroxyl groups is 1. The number of nitrogens with one attached hydrogen (secondary N) is 2. The van der Waals surface area contributed by atoms with E-state index in [1.807, 2.05) is 30.3 Å². The van der Waals surface area contributed by atoms with Crippen LogP contribution in [-0.2, 0) is 4.79 Å². The number of carbonyl (C=O) groups excluding carboxylic acids is 1. The smallest absolute Gasteiger partial charge is 0.207 e. The van der Waals surface area contributed by atoms with Crippen molar-refractivity contribution in [2.24, 2.45) is 11.3 Å². The number of hydrogen-bond acceptors (Lipinski definition) is 4. The molecule has 2 aromatic carbocycles. The van der Waals surface area contributed by atoms with E-state index in [0.29, 0.717) is 25.1 Å². The van der Waals surface area contributed by atoms with Gasteiger partial charge in [0.25, 0.3) is 0 Å². The fourth-order valence-electron chi connectivity index (χ4n) is 3.77. The molecule has 0 spiro atoms. The molecule has 1 aliphatic heterocycles. The van der Waals surface area contributed by atoms with E-state index in [1.54, 1.807) is 12.1 Å². The van der Waals surface area contributed by atoms with Crippen molar-refractivity contribution in [3.8, 4) is 6.07 Å². The van der Waals surface area contributed by atoms with Crippen LogP contribution in [0.15, 0.2) is 48.5 Å². The van der Waals surface area contributed by atoms with Gasteiger partial charge in [-0.2, -0.15) is 5.26 Å². The molecule has 0 bridgehead atoms. The van der Waals surface area contributed by atoms with E-state index in [-0.39, 0.29) is 34.9 Å². The zero-order valence-electron chi connectivity index (χ0n) is 20.6. The molecular formula is C27H36Cl2FN3O2. The van der Waals surface area contributed by atoms with Gasteiger partial charge >= 0.3 is 0 Å². The molecular weight excluding hydrogens is 488 g/mol. The second-order valence-corrected chi connectivity index (χ2v) is 10.3. The number of hydrogen-bond donors (Lipinski definition) is 3. The van der Waals surface area contributed by atoms with Crippen molar-refractivity contribution < 1.29 is 14.3 Å². The van der Waals surface area contributed by atoms with E-state index in [9.17, 15) is 14.4 Å². The number of rotatable bonds is 7. The third kappa shape index (κ3) is 11.9. The Hall–Kier alpha value is -2.17. The maximum absolute atomic E-state index is 14.2. The van der Waals surface area contributed by atoms with Crippen LogP contribution in [0.2, 0.25) is 10.0 Å². The number of carbonyl (C=O) groups is 1. The van der Waals surface area contributed by atoms with Crippen molar-refractivity contribution in [3.05, 3.63) is 70.0 Å². The molecule has 0 aliphatic carbocycles. The van der Waals surface area contributed by atoms with Crippen LogP contribution < -0.4 is 10.6 Å². The lowest BCUT2D eigenvalue weighted by Crippen LogP contribution is -2.31. The van der Waals surface area contributed by atoms with E-state index in [2.05, 4.69) is 37.5 Å². The van der Waals surface area contributed by atoms with Crippen molar-refractivity contribution in [1.82, 2.24) is 10.6 Å². The van der Waals surface area contributed by atoms with Gasteiger partial charge in [-0.3, -0.25) is 4.79 Å². The van der Waals surface area contributed by atoms with Crippen molar-refractivity contribution in [2.75, 3.05) is 19.7 Å². The molecule has 0 saturated carbocycles. The van der Waals surface area contributed by atoms with Gasteiger partial charge in [-0.15, -0.1) is 0 Å². The summed E-state index contributed by atoms with van der Waals surface area (Å²) in [5.74, 6) is -0.745. The van der Waals surface area contributed by atoms with Gasteiger partial charge in [-0.25, -0.2) is 4.39 Å². The first-order valence-electron chi connectivity index (χ1n) is 11.7. The lowest BCUT2D eigenvalue weighted by atomic mass is 9.79. The average molecular weight is 525 g/mol. The summed E-state index contributed by atoms with van der Waals surface area (Å²) in [6, 6.07) is 16.9. The number of amides is 1. The minimum absolute atomic E-state index is 0.100. The zero-order valence-corrected chi connectivity index (χ0v) is 22.1. The molecule has 0 aromatic heterocycles. The molecule has 2 aromatic rings. The van der Waals surface area contributed by atoms with Crippen molar-refractivity contribution >= 4 is 29.6 Å². The van der Waals surface area contributed by atoms with E-state index < -0.39 is 5.82 Å². The second kappa shape index (κ2) is 16.5. The molecule has 3 N–H and O–H groups in total. The van der Waals surface area contributed by atoms with Crippen LogP contribution in [0.5, 0.6) is 0 Å². The highest BCUT2D eigenvalue weighted by Gasteiger charge is 2.39. The summed E-state index contributed by atoms with van der Waals surface area (Å²) in [5, 5.41) is 24.5. The predicted molar refractivity (Wildman–Crippen MR) is 141 cm³/mol. The minimum atomic E-state index is -0.391. The maximum atomic E-state index is 14.2. The molecule has 3 rings (SSSR count). The standard InChI is InChI=1S/C16H20ClFN2.C6H5Cl.C5H11NO2/c1-16(2,3)7-14-11(8-19)12(9-20-14)10-5-4-6-13(17)15(10)18;7-6-4-2-1-3-5-6;7-4-2-1-3-6-5-8/h4-6,11-12,14,20H,7,9H2,1-3H3;1-5H;5,7H,1-4H2,(H,6,8). The first-order chi connectivity index (χ1) is 16.6. The Morgan fingerprint density at radius 1 is 1.17 bits per heavy atom. The minimum Gasteiger partial charge on any atom is -0.396 e. The molecule has 1 heterocycles. The molecule has 3 atom stereocenters. The normalized spacial score (nSPS) is 18.9. The average Bonchev–Trinajstić information content (AvgIpc) is 3.20.